The fraction of sp³-hybridized carbons (Fsp3) is 0.0256. The average molecular weight is 540 g/mol. The molecular weight excluding hydrogens is 510 g/mol. The van der Waals surface area contributed by atoms with Crippen molar-refractivity contribution in [1.29, 1.82) is 0 Å². The number of rotatable bonds is 6. The van der Waals surface area contributed by atoms with Gasteiger partial charge >= 0.3 is 0 Å². The van der Waals surface area contributed by atoms with Gasteiger partial charge in [-0.15, -0.1) is 0 Å². The summed E-state index contributed by atoms with van der Waals surface area (Å²) in [5.41, 5.74) is 12.9. The second-order valence-electron chi connectivity index (χ2n) is 10.4. The van der Waals surface area contributed by atoms with E-state index in [1.165, 1.54) is 27.6 Å². The quantitative estimate of drug-likeness (QED) is 0.210. The molecule has 7 aromatic rings. The minimum absolute atomic E-state index is 0.846. The molecule has 0 aliphatic rings. The molecule has 3 nitrogen and oxygen atoms in total. The molecule has 0 amide bonds. The van der Waals surface area contributed by atoms with Crippen molar-refractivity contribution in [3.63, 3.8) is 0 Å². The highest BCUT2D eigenvalue weighted by Crippen LogP contribution is 2.34. The van der Waals surface area contributed by atoms with Gasteiger partial charge in [-0.05, 0) is 89.3 Å². The van der Waals surface area contributed by atoms with Crippen molar-refractivity contribution >= 4 is 17.0 Å². The summed E-state index contributed by atoms with van der Waals surface area (Å²) in [4.78, 5) is 9.70. The van der Waals surface area contributed by atoms with E-state index in [4.69, 9.17) is 4.98 Å². The van der Waals surface area contributed by atoms with Crippen LogP contribution in [-0.2, 0) is 0 Å². The fourth-order valence-electron chi connectivity index (χ4n) is 5.72. The van der Waals surface area contributed by atoms with Gasteiger partial charge in [-0.25, -0.2) is 4.98 Å². The Hall–Kier alpha value is -5.54. The van der Waals surface area contributed by atoms with Gasteiger partial charge < -0.3 is 4.57 Å². The molecule has 3 aromatic heterocycles. The number of pyridine rings is 2. The number of fused-ring (bicyclic) bond motifs is 1. The molecular formula is C39H29N3. The Kier molecular flexibility index (Phi) is 6.54. The van der Waals surface area contributed by atoms with Crippen LogP contribution >= 0.6 is 0 Å². The summed E-state index contributed by atoms with van der Waals surface area (Å²) in [5.74, 6) is 0. The SMILES string of the molecule is C=Cc1c(C)c2ccccc2n1-c1ccc(-c2cc(-c3cccc(-c4ccccc4)c3)cc(-c3ccccn3)n2)cc1. The van der Waals surface area contributed by atoms with Gasteiger partial charge in [-0.1, -0.05) is 91.5 Å². The van der Waals surface area contributed by atoms with Crippen LogP contribution in [0.1, 0.15) is 11.3 Å². The lowest BCUT2D eigenvalue weighted by molar-refractivity contribution is 1.10. The molecule has 42 heavy (non-hydrogen) atoms. The normalized spacial score (nSPS) is 11.1. The Morgan fingerprint density at radius 2 is 1.26 bits per heavy atom. The Morgan fingerprint density at radius 3 is 2.02 bits per heavy atom. The zero-order chi connectivity index (χ0) is 28.5. The highest BCUT2D eigenvalue weighted by molar-refractivity contribution is 5.90. The summed E-state index contributed by atoms with van der Waals surface area (Å²) < 4.78 is 2.28. The van der Waals surface area contributed by atoms with Gasteiger partial charge in [0, 0.05) is 28.5 Å². The van der Waals surface area contributed by atoms with E-state index in [1.807, 2.05) is 36.5 Å². The minimum Gasteiger partial charge on any atom is -0.310 e. The Labute approximate surface area is 246 Å². The van der Waals surface area contributed by atoms with Gasteiger partial charge in [-0.2, -0.15) is 0 Å². The molecule has 4 aromatic carbocycles. The number of aromatic nitrogens is 3. The first-order chi connectivity index (χ1) is 20.7. The minimum atomic E-state index is 0.846. The van der Waals surface area contributed by atoms with Crippen molar-refractivity contribution < 1.29 is 0 Å². The maximum Gasteiger partial charge on any atom is 0.0899 e. The summed E-state index contributed by atoms with van der Waals surface area (Å²) in [7, 11) is 0. The highest BCUT2D eigenvalue weighted by Gasteiger charge is 2.14. The monoisotopic (exact) mass is 539 g/mol. The fourth-order valence-corrected chi connectivity index (χ4v) is 5.72. The van der Waals surface area contributed by atoms with Gasteiger partial charge in [0.25, 0.3) is 0 Å². The lowest BCUT2D eigenvalue weighted by atomic mass is 9.97. The van der Waals surface area contributed by atoms with Crippen molar-refractivity contribution in [2.24, 2.45) is 0 Å². The molecule has 0 aliphatic carbocycles. The molecule has 0 aliphatic heterocycles. The van der Waals surface area contributed by atoms with Crippen LogP contribution in [0.5, 0.6) is 0 Å². The predicted octanol–water partition coefficient (Wildman–Crippen LogP) is 10.0. The second-order valence-corrected chi connectivity index (χ2v) is 10.4. The lowest BCUT2D eigenvalue weighted by Gasteiger charge is -2.13. The topological polar surface area (TPSA) is 30.7 Å². The van der Waals surface area contributed by atoms with Crippen molar-refractivity contribution in [3.8, 4) is 50.6 Å². The summed E-state index contributed by atoms with van der Waals surface area (Å²) in [5, 5.41) is 1.24. The van der Waals surface area contributed by atoms with Gasteiger partial charge in [-0.3, -0.25) is 4.98 Å². The van der Waals surface area contributed by atoms with Crippen molar-refractivity contribution in [1.82, 2.24) is 14.5 Å². The molecule has 200 valence electrons. The second kappa shape index (κ2) is 10.8. The third-order valence-electron chi connectivity index (χ3n) is 7.84. The molecule has 0 atom stereocenters. The first-order valence-electron chi connectivity index (χ1n) is 14.1. The van der Waals surface area contributed by atoms with Crippen LogP contribution in [0, 0.1) is 6.92 Å². The summed E-state index contributed by atoms with van der Waals surface area (Å²) in [6, 6.07) is 46.6. The van der Waals surface area contributed by atoms with Crippen LogP contribution in [-0.4, -0.2) is 14.5 Å². The van der Waals surface area contributed by atoms with E-state index in [1.54, 1.807) is 0 Å². The maximum absolute atomic E-state index is 5.08. The summed E-state index contributed by atoms with van der Waals surface area (Å²) >= 11 is 0. The number of para-hydroxylation sites is 1. The van der Waals surface area contributed by atoms with Crippen LogP contribution in [0.3, 0.4) is 0 Å². The molecule has 0 unspecified atom stereocenters. The molecule has 0 spiro atoms. The Bertz CT molecular complexity index is 2040. The molecule has 3 heteroatoms. The standard InChI is InChI=1S/C39H29N3/c1-3-38-27(2)34-16-7-8-18-39(34)42(38)33-21-19-29(20-22-33)36-25-32(26-37(41-36)35-17-9-10-23-40-35)31-15-11-14-30(24-31)28-12-5-4-6-13-28/h3-26H,1H2,2H3. The number of hydrogen-bond donors (Lipinski definition) is 0. The van der Waals surface area contributed by atoms with E-state index in [0.29, 0.717) is 0 Å². The number of hydrogen-bond acceptors (Lipinski definition) is 2. The van der Waals surface area contributed by atoms with E-state index in [2.05, 4.69) is 132 Å². The molecule has 0 N–H and O–H groups in total. The van der Waals surface area contributed by atoms with Crippen LogP contribution < -0.4 is 0 Å². The van der Waals surface area contributed by atoms with Crippen molar-refractivity contribution in [2.75, 3.05) is 0 Å². The van der Waals surface area contributed by atoms with E-state index < -0.39 is 0 Å². The summed E-state index contributed by atoms with van der Waals surface area (Å²) in [6.07, 6.45) is 3.76. The third-order valence-corrected chi connectivity index (χ3v) is 7.84. The first kappa shape index (κ1) is 25.4. The molecule has 0 radical (unpaired) electrons. The number of benzene rings is 4. The van der Waals surface area contributed by atoms with Crippen LogP contribution in [0.25, 0.3) is 67.6 Å². The smallest absolute Gasteiger partial charge is 0.0899 e. The molecule has 0 fully saturated rings. The highest BCUT2D eigenvalue weighted by atomic mass is 15.0. The van der Waals surface area contributed by atoms with E-state index in [-0.39, 0.29) is 0 Å². The predicted molar refractivity (Wildman–Crippen MR) is 175 cm³/mol. The van der Waals surface area contributed by atoms with Gasteiger partial charge in [0.15, 0.2) is 0 Å². The molecule has 0 bridgehead atoms. The number of nitrogens with zero attached hydrogens (tertiary/aromatic N) is 3. The molecule has 0 saturated carbocycles. The zero-order valence-corrected chi connectivity index (χ0v) is 23.4. The van der Waals surface area contributed by atoms with E-state index in [0.717, 1.165) is 45.2 Å². The van der Waals surface area contributed by atoms with Crippen molar-refractivity contribution in [3.05, 3.63) is 157 Å². The van der Waals surface area contributed by atoms with Crippen LogP contribution in [0.2, 0.25) is 0 Å². The Balaban J connectivity index is 1.34. The van der Waals surface area contributed by atoms with Crippen LogP contribution in [0.4, 0.5) is 0 Å². The average Bonchev–Trinajstić information content (AvgIpc) is 3.36. The largest absolute Gasteiger partial charge is 0.310 e. The molecule has 3 heterocycles. The molecule has 7 rings (SSSR count). The van der Waals surface area contributed by atoms with E-state index >= 15 is 0 Å². The maximum atomic E-state index is 5.08. The number of aryl methyl sites for hydroxylation is 1. The van der Waals surface area contributed by atoms with Gasteiger partial charge in [0.1, 0.15) is 0 Å². The third kappa shape index (κ3) is 4.61. The van der Waals surface area contributed by atoms with E-state index in [9.17, 15) is 0 Å². The molecule has 0 saturated heterocycles. The van der Waals surface area contributed by atoms with Crippen LogP contribution in [0.15, 0.2) is 146 Å². The lowest BCUT2D eigenvalue weighted by Crippen LogP contribution is -1.97. The van der Waals surface area contributed by atoms with Gasteiger partial charge in [0.2, 0.25) is 0 Å². The Morgan fingerprint density at radius 1 is 0.571 bits per heavy atom. The summed E-state index contributed by atoms with van der Waals surface area (Å²) in [6.45, 7) is 6.26. The zero-order valence-electron chi connectivity index (χ0n) is 23.4. The van der Waals surface area contributed by atoms with Crippen molar-refractivity contribution in [2.45, 2.75) is 6.92 Å². The first-order valence-corrected chi connectivity index (χ1v) is 14.1. The van der Waals surface area contributed by atoms with Gasteiger partial charge in [0.05, 0.1) is 22.6 Å².